The van der Waals surface area contributed by atoms with Crippen LogP contribution in [0.1, 0.15) is 103 Å². The van der Waals surface area contributed by atoms with Gasteiger partial charge in [-0.3, -0.25) is 10.1 Å². The first-order chi connectivity index (χ1) is 21.7. The van der Waals surface area contributed by atoms with E-state index >= 15 is 0 Å². The summed E-state index contributed by atoms with van der Waals surface area (Å²) in [6.07, 6.45) is -0.185. The molecule has 0 aromatic heterocycles. The Balaban J connectivity index is 1.60. The molecule has 0 saturated carbocycles. The molecule has 47 heavy (non-hydrogen) atoms. The van der Waals surface area contributed by atoms with Crippen molar-refractivity contribution in [1.29, 1.82) is 0 Å². The number of nitrogens with one attached hydrogen (secondary N) is 1. The Hall–Kier alpha value is -4.61. The van der Waals surface area contributed by atoms with Gasteiger partial charge in [0.1, 0.15) is 16.8 Å². The van der Waals surface area contributed by atoms with Crippen molar-refractivity contribution in [2.24, 2.45) is 5.16 Å². The number of esters is 3. The molecular formula is C35H44N2O10. The monoisotopic (exact) mass is 652 g/mol. The largest absolute Gasteiger partial charge is 0.489 e. The highest BCUT2D eigenvalue weighted by Gasteiger charge is 2.52. The number of hydrogen-bond donors (Lipinski definition) is 1. The SMILES string of the molecule is CC(C)(C)OC(=O)CC1(C(=O)OC(C)(C)C)CC(c2cccc3c2OCCCc2cc(NC(=O)OC(C)(C)C)ccc2C(=O)O3)=NO1. The van der Waals surface area contributed by atoms with Gasteiger partial charge in [0.05, 0.1) is 24.3 Å². The van der Waals surface area contributed by atoms with Crippen LogP contribution in [0.3, 0.4) is 0 Å². The predicted molar refractivity (Wildman–Crippen MR) is 173 cm³/mol. The summed E-state index contributed by atoms with van der Waals surface area (Å²) in [5.41, 5.74) is -1.86. The summed E-state index contributed by atoms with van der Waals surface area (Å²) in [4.78, 5) is 57.9. The van der Waals surface area contributed by atoms with E-state index in [1.165, 1.54) is 0 Å². The maximum atomic E-state index is 13.5. The fraction of sp³-hybridized carbons (Fsp3) is 0.514. The van der Waals surface area contributed by atoms with Crippen LogP contribution in [0.15, 0.2) is 41.6 Å². The Morgan fingerprint density at radius 1 is 0.894 bits per heavy atom. The van der Waals surface area contributed by atoms with Gasteiger partial charge in [-0.2, -0.15) is 0 Å². The molecule has 254 valence electrons. The van der Waals surface area contributed by atoms with Crippen molar-refractivity contribution in [3.8, 4) is 11.5 Å². The molecule has 0 bridgehead atoms. The number of aryl methyl sites for hydroxylation is 1. The molecule has 0 aliphatic carbocycles. The number of carbonyl (C=O) groups excluding carboxylic acids is 4. The summed E-state index contributed by atoms with van der Waals surface area (Å²) in [5.74, 6) is -1.64. The zero-order valence-electron chi connectivity index (χ0n) is 28.5. The lowest BCUT2D eigenvalue weighted by molar-refractivity contribution is -0.188. The van der Waals surface area contributed by atoms with Crippen molar-refractivity contribution in [1.82, 2.24) is 0 Å². The Kier molecular flexibility index (Phi) is 9.94. The molecule has 2 heterocycles. The molecule has 2 aromatic rings. The third kappa shape index (κ3) is 9.46. The van der Waals surface area contributed by atoms with Crippen LogP contribution in [0.25, 0.3) is 0 Å². The van der Waals surface area contributed by atoms with Gasteiger partial charge in [-0.05, 0) is 111 Å². The summed E-state index contributed by atoms with van der Waals surface area (Å²) in [6, 6.07) is 9.88. The third-order valence-corrected chi connectivity index (χ3v) is 6.70. The van der Waals surface area contributed by atoms with E-state index < -0.39 is 52.8 Å². The van der Waals surface area contributed by atoms with E-state index in [1.807, 2.05) is 0 Å². The fourth-order valence-corrected chi connectivity index (χ4v) is 4.94. The lowest BCUT2D eigenvalue weighted by atomic mass is 9.90. The summed E-state index contributed by atoms with van der Waals surface area (Å²) in [5, 5.41) is 6.92. The maximum Gasteiger partial charge on any atom is 0.412 e. The molecule has 0 spiro atoms. The van der Waals surface area contributed by atoms with E-state index in [0.717, 1.165) is 0 Å². The van der Waals surface area contributed by atoms with E-state index in [9.17, 15) is 19.2 Å². The molecule has 0 fully saturated rings. The average Bonchev–Trinajstić information content (AvgIpc) is 3.33. The van der Waals surface area contributed by atoms with Crippen molar-refractivity contribution in [3.05, 3.63) is 53.1 Å². The molecular weight excluding hydrogens is 608 g/mol. The quantitative estimate of drug-likeness (QED) is 0.215. The van der Waals surface area contributed by atoms with Crippen LogP contribution in [0.2, 0.25) is 0 Å². The zero-order valence-corrected chi connectivity index (χ0v) is 28.5. The molecule has 2 aliphatic rings. The normalized spacial score (nSPS) is 18.2. The number of benzene rings is 2. The summed E-state index contributed by atoms with van der Waals surface area (Å²) in [6.45, 7) is 15.9. The van der Waals surface area contributed by atoms with Crippen molar-refractivity contribution in [2.75, 3.05) is 11.9 Å². The van der Waals surface area contributed by atoms with E-state index in [1.54, 1.807) is 98.7 Å². The number of anilines is 1. The van der Waals surface area contributed by atoms with Crippen molar-refractivity contribution in [2.45, 2.75) is 110 Å². The predicted octanol–water partition coefficient (Wildman–Crippen LogP) is 6.51. The minimum absolute atomic E-state index is 0.120. The van der Waals surface area contributed by atoms with Gasteiger partial charge in [0, 0.05) is 17.7 Å². The van der Waals surface area contributed by atoms with Crippen LogP contribution in [0.4, 0.5) is 10.5 Å². The molecule has 2 aliphatic heterocycles. The number of ether oxygens (including phenoxy) is 5. The van der Waals surface area contributed by atoms with Gasteiger partial charge in [0.2, 0.25) is 5.60 Å². The number of amides is 1. The van der Waals surface area contributed by atoms with Crippen LogP contribution >= 0.6 is 0 Å². The third-order valence-electron chi connectivity index (χ3n) is 6.70. The smallest absolute Gasteiger partial charge is 0.412 e. The Labute approximate surface area is 275 Å². The standard InChI is InChI=1S/C35H44N2O10/c1-32(2,3)44-27(38)20-35(30(40)45-33(4,5)6)19-25(37-47-35)24-13-10-14-26-28(24)42-17-11-12-21-18-22(15-16-23(21)29(39)43-26)36-31(41)46-34(7,8)9/h10,13-16,18H,11-12,17,19-20H2,1-9H3,(H,36,41). The molecule has 0 radical (unpaired) electrons. The van der Waals surface area contributed by atoms with Gasteiger partial charge >= 0.3 is 24.0 Å². The Bertz CT molecular complexity index is 1580. The van der Waals surface area contributed by atoms with Gasteiger partial charge in [-0.15, -0.1) is 0 Å². The highest BCUT2D eigenvalue weighted by atomic mass is 16.7. The second-order valence-electron chi connectivity index (χ2n) is 14.5. The number of oxime groups is 1. The number of fused-ring (bicyclic) bond motifs is 2. The first-order valence-corrected chi connectivity index (χ1v) is 15.6. The molecule has 2 aromatic carbocycles. The van der Waals surface area contributed by atoms with Gasteiger partial charge < -0.3 is 28.5 Å². The minimum Gasteiger partial charge on any atom is -0.489 e. The zero-order chi connectivity index (χ0) is 34.8. The van der Waals surface area contributed by atoms with Crippen molar-refractivity contribution in [3.63, 3.8) is 0 Å². The first kappa shape index (κ1) is 35.2. The molecule has 4 rings (SSSR count). The molecule has 0 saturated heterocycles. The molecule has 1 unspecified atom stereocenters. The average molecular weight is 653 g/mol. The molecule has 12 nitrogen and oxygen atoms in total. The second-order valence-corrected chi connectivity index (χ2v) is 14.5. The molecule has 1 atom stereocenters. The first-order valence-electron chi connectivity index (χ1n) is 15.6. The molecule has 1 N–H and O–H groups in total. The van der Waals surface area contributed by atoms with Crippen LogP contribution in [0.5, 0.6) is 11.5 Å². The topological polar surface area (TPSA) is 148 Å². The minimum atomic E-state index is -1.77. The summed E-state index contributed by atoms with van der Waals surface area (Å²) in [7, 11) is 0. The second kappa shape index (κ2) is 13.2. The van der Waals surface area contributed by atoms with Gasteiger partial charge in [0.25, 0.3) is 0 Å². The molecule has 1 amide bonds. The Morgan fingerprint density at radius 2 is 1.57 bits per heavy atom. The highest BCUT2D eigenvalue weighted by molar-refractivity contribution is 6.08. The Morgan fingerprint density at radius 3 is 2.23 bits per heavy atom. The van der Waals surface area contributed by atoms with Gasteiger partial charge in [-0.1, -0.05) is 11.2 Å². The number of hydrogen-bond acceptors (Lipinski definition) is 11. The van der Waals surface area contributed by atoms with Crippen LogP contribution in [-0.2, 0) is 35.1 Å². The van der Waals surface area contributed by atoms with Gasteiger partial charge in [0.15, 0.2) is 11.5 Å². The fourth-order valence-electron chi connectivity index (χ4n) is 4.94. The number of para-hydroxylation sites is 1. The number of rotatable bonds is 5. The van der Waals surface area contributed by atoms with Crippen molar-refractivity contribution < 1.29 is 47.7 Å². The van der Waals surface area contributed by atoms with Crippen LogP contribution in [-0.4, -0.2) is 58.7 Å². The van der Waals surface area contributed by atoms with E-state index in [4.69, 9.17) is 28.5 Å². The van der Waals surface area contributed by atoms with E-state index in [-0.39, 0.29) is 24.5 Å². The van der Waals surface area contributed by atoms with Gasteiger partial charge in [-0.25, -0.2) is 14.4 Å². The summed E-state index contributed by atoms with van der Waals surface area (Å²) < 4.78 is 28.5. The lowest BCUT2D eigenvalue weighted by Gasteiger charge is -2.29. The van der Waals surface area contributed by atoms with E-state index in [0.29, 0.717) is 40.9 Å². The highest BCUT2D eigenvalue weighted by Crippen LogP contribution is 2.40. The number of nitrogens with zero attached hydrogens (tertiary/aromatic N) is 1. The van der Waals surface area contributed by atoms with E-state index in [2.05, 4.69) is 10.5 Å². The number of carbonyl (C=O) groups is 4. The van der Waals surface area contributed by atoms with Crippen LogP contribution < -0.4 is 14.8 Å². The molecule has 12 heteroatoms. The summed E-state index contributed by atoms with van der Waals surface area (Å²) >= 11 is 0. The lowest BCUT2D eigenvalue weighted by Crippen LogP contribution is -2.46. The van der Waals surface area contributed by atoms with Crippen molar-refractivity contribution >= 4 is 35.4 Å². The van der Waals surface area contributed by atoms with Crippen LogP contribution in [0, 0.1) is 0 Å². The maximum absolute atomic E-state index is 13.5.